The maximum Gasteiger partial charge on any atom is 0.161 e. The van der Waals surface area contributed by atoms with Crippen molar-refractivity contribution in [3.05, 3.63) is 35.4 Å². The maximum absolute atomic E-state index is 12.2. The first-order valence-electron chi connectivity index (χ1n) is 8.49. The van der Waals surface area contributed by atoms with E-state index in [4.69, 9.17) is 0 Å². The van der Waals surface area contributed by atoms with Crippen LogP contribution in [0.15, 0.2) is 24.3 Å². The van der Waals surface area contributed by atoms with Crippen molar-refractivity contribution in [3.8, 4) is 0 Å². The number of carbonyl (C=O) groups is 1. The van der Waals surface area contributed by atoms with Crippen molar-refractivity contribution in [1.29, 1.82) is 0 Å². The van der Waals surface area contributed by atoms with Gasteiger partial charge in [0.1, 0.15) is 6.10 Å². The van der Waals surface area contributed by atoms with Gasteiger partial charge in [-0.3, -0.25) is 4.79 Å². The van der Waals surface area contributed by atoms with Crippen molar-refractivity contribution in [2.24, 2.45) is 5.92 Å². The molecule has 1 aliphatic rings. The molecule has 0 aliphatic heterocycles. The van der Waals surface area contributed by atoms with Crippen molar-refractivity contribution in [3.63, 3.8) is 0 Å². The van der Waals surface area contributed by atoms with Crippen molar-refractivity contribution in [2.75, 3.05) is 14.1 Å². The molecule has 3 nitrogen and oxygen atoms in total. The lowest BCUT2D eigenvalue weighted by Crippen LogP contribution is -2.31. The van der Waals surface area contributed by atoms with E-state index >= 15 is 0 Å². The fraction of sp³-hybridized carbons (Fsp3) is 0.632. The SMILES string of the molecule is CN(C)Cc1ccc(CCC(=O)C(O)C2CCCCC2)cc1. The summed E-state index contributed by atoms with van der Waals surface area (Å²) in [5, 5.41) is 10.2. The number of ketones is 1. The lowest BCUT2D eigenvalue weighted by molar-refractivity contribution is -0.130. The summed E-state index contributed by atoms with van der Waals surface area (Å²) >= 11 is 0. The molecule has 1 aromatic rings. The Balaban J connectivity index is 1.80. The molecule has 0 aromatic heterocycles. The normalized spacial score (nSPS) is 17.6. The van der Waals surface area contributed by atoms with Crippen molar-refractivity contribution in [1.82, 2.24) is 4.90 Å². The van der Waals surface area contributed by atoms with Crippen LogP contribution in [0.2, 0.25) is 0 Å². The fourth-order valence-corrected chi connectivity index (χ4v) is 3.30. The third kappa shape index (κ3) is 5.22. The van der Waals surface area contributed by atoms with Gasteiger partial charge in [-0.1, -0.05) is 43.5 Å². The van der Waals surface area contributed by atoms with E-state index in [-0.39, 0.29) is 11.7 Å². The fourth-order valence-electron chi connectivity index (χ4n) is 3.30. The standard InChI is InChI=1S/C19H29NO2/c1-20(2)14-16-10-8-15(9-11-16)12-13-18(21)19(22)17-6-4-3-5-7-17/h8-11,17,19,22H,3-7,12-14H2,1-2H3. The van der Waals surface area contributed by atoms with Crippen LogP contribution in [0.5, 0.6) is 0 Å². The molecule has 22 heavy (non-hydrogen) atoms. The third-order valence-corrected chi connectivity index (χ3v) is 4.61. The van der Waals surface area contributed by atoms with E-state index in [1.165, 1.54) is 17.5 Å². The Labute approximate surface area is 134 Å². The maximum atomic E-state index is 12.2. The zero-order chi connectivity index (χ0) is 15.9. The minimum absolute atomic E-state index is 0.0178. The van der Waals surface area contributed by atoms with Crippen LogP contribution < -0.4 is 0 Å². The third-order valence-electron chi connectivity index (χ3n) is 4.61. The molecule has 0 saturated heterocycles. The van der Waals surface area contributed by atoms with Crippen LogP contribution in [0.1, 0.15) is 49.7 Å². The first-order chi connectivity index (χ1) is 10.6. The molecular weight excluding hydrogens is 274 g/mol. The van der Waals surface area contributed by atoms with Crippen LogP contribution in [-0.4, -0.2) is 36.0 Å². The van der Waals surface area contributed by atoms with Gasteiger partial charge in [-0.2, -0.15) is 0 Å². The predicted molar refractivity (Wildman–Crippen MR) is 89.7 cm³/mol. The molecule has 1 N–H and O–H groups in total. The number of carbonyl (C=O) groups excluding carboxylic acids is 1. The molecular formula is C19H29NO2. The summed E-state index contributed by atoms with van der Waals surface area (Å²) < 4.78 is 0. The minimum atomic E-state index is -0.742. The molecule has 2 rings (SSSR count). The van der Waals surface area contributed by atoms with E-state index in [2.05, 4.69) is 43.3 Å². The number of aryl methyl sites for hydroxylation is 1. The number of nitrogens with zero attached hydrogens (tertiary/aromatic N) is 1. The topological polar surface area (TPSA) is 40.5 Å². The Bertz CT molecular complexity index is 461. The Hall–Kier alpha value is -1.19. The molecule has 1 aliphatic carbocycles. The molecule has 1 aromatic carbocycles. The number of hydrogen-bond donors (Lipinski definition) is 1. The van der Waals surface area contributed by atoms with Crippen LogP contribution in [0.3, 0.4) is 0 Å². The van der Waals surface area contributed by atoms with Crippen LogP contribution in [0.25, 0.3) is 0 Å². The highest BCUT2D eigenvalue weighted by atomic mass is 16.3. The number of hydrogen-bond acceptors (Lipinski definition) is 3. The van der Waals surface area contributed by atoms with Crippen molar-refractivity contribution >= 4 is 5.78 Å². The summed E-state index contributed by atoms with van der Waals surface area (Å²) in [6, 6.07) is 8.44. The van der Waals surface area contributed by atoms with Gasteiger partial charge in [-0.25, -0.2) is 0 Å². The van der Waals surface area contributed by atoms with Gasteiger partial charge in [-0.05, 0) is 50.4 Å². The summed E-state index contributed by atoms with van der Waals surface area (Å²) in [7, 11) is 4.11. The van der Waals surface area contributed by atoms with Gasteiger partial charge in [0.15, 0.2) is 5.78 Å². The molecule has 0 heterocycles. The average Bonchev–Trinajstić information content (AvgIpc) is 2.53. The Morgan fingerprint density at radius 3 is 2.32 bits per heavy atom. The Kier molecular flexibility index (Phi) is 6.59. The zero-order valence-corrected chi connectivity index (χ0v) is 13.9. The molecule has 1 fully saturated rings. The summed E-state index contributed by atoms with van der Waals surface area (Å²) in [4.78, 5) is 14.3. The highest BCUT2D eigenvalue weighted by Crippen LogP contribution is 2.27. The molecule has 3 heteroatoms. The summed E-state index contributed by atoms with van der Waals surface area (Å²) in [6.45, 7) is 0.930. The average molecular weight is 303 g/mol. The van der Waals surface area contributed by atoms with E-state index in [9.17, 15) is 9.90 Å². The molecule has 0 amide bonds. The second-order valence-electron chi connectivity index (χ2n) is 6.86. The number of rotatable bonds is 7. The van der Waals surface area contributed by atoms with Crippen LogP contribution in [0, 0.1) is 5.92 Å². The quantitative estimate of drug-likeness (QED) is 0.841. The molecule has 0 radical (unpaired) electrons. The zero-order valence-electron chi connectivity index (χ0n) is 13.9. The first-order valence-corrected chi connectivity index (χ1v) is 8.49. The van der Waals surface area contributed by atoms with Crippen molar-refractivity contribution in [2.45, 2.75) is 57.6 Å². The van der Waals surface area contributed by atoms with Gasteiger partial charge in [-0.15, -0.1) is 0 Å². The highest BCUT2D eigenvalue weighted by Gasteiger charge is 2.26. The van der Waals surface area contributed by atoms with Crippen molar-refractivity contribution < 1.29 is 9.90 Å². The van der Waals surface area contributed by atoms with Crippen LogP contribution in [-0.2, 0) is 17.8 Å². The highest BCUT2D eigenvalue weighted by molar-refractivity contribution is 5.83. The molecule has 1 saturated carbocycles. The smallest absolute Gasteiger partial charge is 0.161 e. The number of aliphatic hydroxyl groups is 1. The van der Waals surface area contributed by atoms with Gasteiger partial charge in [0.05, 0.1) is 0 Å². The van der Waals surface area contributed by atoms with Gasteiger partial charge >= 0.3 is 0 Å². The molecule has 122 valence electrons. The summed E-state index contributed by atoms with van der Waals surface area (Å²) in [6.07, 6.45) is 6.00. The lowest BCUT2D eigenvalue weighted by atomic mass is 9.83. The van der Waals surface area contributed by atoms with Gasteiger partial charge in [0.25, 0.3) is 0 Å². The first kappa shape index (κ1) is 17.2. The molecule has 0 bridgehead atoms. The summed E-state index contributed by atoms with van der Waals surface area (Å²) in [5.74, 6) is 0.216. The Morgan fingerprint density at radius 1 is 1.14 bits per heavy atom. The second-order valence-corrected chi connectivity index (χ2v) is 6.86. The van der Waals surface area contributed by atoms with Gasteiger partial charge < -0.3 is 10.0 Å². The predicted octanol–water partition coefficient (Wildman–Crippen LogP) is 3.19. The number of Topliss-reactive ketones (excluding diaryl/α,β-unsaturated/α-hetero) is 1. The summed E-state index contributed by atoms with van der Waals surface area (Å²) in [5.41, 5.74) is 2.45. The van der Waals surface area contributed by atoms with E-state index in [1.807, 2.05) is 0 Å². The number of aliphatic hydroxyl groups excluding tert-OH is 1. The van der Waals surface area contributed by atoms with E-state index in [0.29, 0.717) is 6.42 Å². The Morgan fingerprint density at radius 2 is 1.73 bits per heavy atom. The van der Waals surface area contributed by atoms with Crippen LogP contribution >= 0.6 is 0 Å². The largest absolute Gasteiger partial charge is 0.385 e. The van der Waals surface area contributed by atoms with Crippen LogP contribution in [0.4, 0.5) is 0 Å². The number of benzene rings is 1. The molecule has 1 atom stereocenters. The molecule has 1 unspecified atom stereocenters. The van der Waals surface area contributed by atoms with Gasteiger partial charge in [0.2, 0.25) is 0 Å². The van der Waals surface area contributed by atoms with E-state index in [1.54, 1.807) is 0 Å². The lowest BCUT2D eigenvalue weighted by Gasteiger charge is -2.25. The molecule has 0 spiro atoms. The minimum Gasteiger partial charge on any atom is -0.385 e. The monoisotopic (exact) mass is 303 g/mol. The van der Waals surface area contributed by atoms with E-state index in [0.717, 1.165) is 38.6 Å². The van der Waals surface area contributed by atoms with E-state index < -0.39 is 6.10 Å². The second kappa shape index (κ2) is 8.44. The van der Waals surface area contributed by atoms with Gasteiger partial charge in [0, 0.05) is 13.0 Å².